The topological polar surface area (TPSA) is 72.9 Å². The minimum absolute atomic E-state index is 0. The molecule has 126 valence electrons. The number of aryl methyl sites for hydroxylation is 1. The van der Waals surface area contributed by atoms with Crippen LogP contribution in [0.5, 0.6) is 0 Å². The van der Waals surface area contributed by atoms with E-state index in [1.165, 1.54) is 0 Å². The summed E-state index contributed by atoms with van der Waals surface area (Å²) < 4.78 is 1.73. The Morgan fingerprint density at radius 1 is 1.35 bits per heavy atom. The fourth-order valence-electron chi connectivity index (χ4n) is 2.36. The molecular formula is C17H25ClN4O. The number of hydrogen-bond donors (Lipinski definition) is 2. The maximum Gasteiger partial charge on any atom is 0.255 e. The molecule has 0 aliphatic heterocycles. The van der Waals surface area contributed by atoms with Crippen molar-refractivity contribution in [3.63, 3.8) is 0 Å². The van der Waals surface area contributed by atoms with E-state index in [-0.39, 0.29) is 24.4 Å². The fourth-order valence-corrected chi connectivity index (χ4v) is 2.36. The lowest BCUT2D eigenvalue weighted by Crippen LogP contribution is -2.40. The van der Waals surface area contributed by atoms with Crippen LogP contribution in [0, 0.1) is 6.92 Å². The normalized spacial score (nSPS) is 11.6. The van der Waals surface area contributed by atoms with Crippen molar-refractivity contribution in [3.05, 3.63) is 47.8 Å². The van der Waals surface area contributed by atoms with Crippen LogP contribution in [0.1, 0.15) is 42.2 Å². The molecule has 1 atom stereocenters. The van der Waals surface area contributed by atoms with Crippen molar-refractivity contribution in [2.45, 2.75) is 39.2 Å². The molecule has 5 nitrogen and oxygen atoms in total. The number of hydrogen-bond acceptors (Lipinski definition) is 3. The van der Waals surface area contributed by atoms with E-state index in [1.54, 1.807) is 10.9 Å². The van der Waals surface area contributed by atoms with Gasteiger partial charge in [-0.1, -0.05) is 38.0 Å². The summed E-state index contributed by atoms with van der Waals surface area (Å²) in [6, 6.07) is 9.78. The van der Waals surface area contributed by atoms with Crippen molar-refractivity contribution in [2.75, 3.05) is 6.54 Å². The van der Waals surface area contributed by atoms with Crippen LogP contribution in [0.15, 0.2) is 36.5 Å². The van der Waals surface area contributed by atoms with Gasteiger partial charge in [0.25, 0.3) is 5.91 Å². The largest absolute Gasteiger partial charge is 0.348 e. The predicted octanol–water partition coefficient (Wildman–Crippen LogP) is 2.85. The van der Waals surface area contributed by atoms with Gasteiger partial charge >= 0.3 is 0 Å². The molecule has 0 saturated heterocycles. The van der Waals surface area contributed by atoms with Gasteiger partial charge in [-0.2, -0.15) is 5.10 Å². The van der Waals surface area contributed by atoms with Crippen molar-refractivity contribution in [1.82, 2.24) is 15.1 Å². The Kier molecular flexibility index (Phi) is 7.78. The van der Waals surface area contributed by atoms with Crippen molar-refractivity contribution in [1.29, 1.82) is 0 Å². The fraction of sp³-hybridized carbons (Fsp3) is 0.412. The quantitative estimate of drug-likeness (QED) is 0.816. The van der Waals surface area contributed by atoms with E-state index in [0.29, 0.717) is 17.8 Å². The first kappa shape index (κ1) is 19.2. The Balaban J connectivity index is 0.00000264. The van der Waals surface area contributed by atoms with E-state index in [2.05, 4.69) is 17.3 Å². The van der Waals surface area contributed by atoms with Crippen molar-refractivity contribution >= 4 is 18.3 Å². The molecule has 1 aromatic carbocycles. The van der Waals surface area contributed by atoms with Gasteiger partial charge in [-0.15, -0.1) is 12.4 Å². The van der Waals surface area contributed by atoms with Crippen LogP contribution in [0.2, 0.25) is 0 Å². The van der Waals surface area contributed by atoms with Gasteiger partial charge in [0, 0.05) is 18.8 Å². The lowest BCUT2D eigenvalue weighted by Gasteiger charge is -2.16. The minimum atomic E-state index is -0.105. The minimum Gasteiger partial charge on any atom is -0.348 e. The van der Waals surface area contributed by atoms with Gasteiger partial charge in [0.2, 0.25) is 0 Å². The van der Waals surface area contributed by atoms with E-state index < -0.39 is 0 Å². The third-order valence-electron chi connectivity index (χ3n) is 3.69. The standard InChI is InChI=1S/C17H24N4O.ClH/c1-3-4-8-14(11-18)19-17(22)16-12-21(20-13(16)2)15-9-6-5-7-10-15;/h5-7,9-10,12,14H,3-4,8,11,18H2,1-2H3,(H,19,22);1H. The summed E-state index contributed by atoms with van der Waals surface area (Å²) in [5.41, 5.74) is 7.99. The zero-order chi connectivity index (χ0) is 15.9. The van der Waals surface area contributed by atoms with Crippen LogP contribution < -0.4 is 11.1 Å². The zero-order valence-corrected chi connectivity index (χ0v) is 14.5. The first-order chi connectivity index (χ1) is 10.7. The highest BCUT2D eigenvalue weighted by atomic mass is 35.5. The van der Waals surface area contributed by atoms with Crippen molar-refractivity contribution in [3.8, 4) is 5.69 Å². The molecule has 2 aromatic rings. The predicted molar refractivity (Wildman–Crippen MR) is 95.4 cm³/mol. The first-order valence-corrected chi connectivity index (χ1v) is 7.78. The Bertz CT molecular complexity index is 612. The molecule has 0 fully saturated rings. The highest BCUT2D eigenvalue weighted by Gasteiger charge is 2.17. The molecular weight excluding hydrogens is 312 g/mol. The molecule has 0 saturated carbocycles. The number of para-hydroxylation sites is 1. The summed E-state index contributed by atoms with van der Waals surface area (Å²) >= 11 is 0. The van der Waals surface area contributed by atoms with Gasteiger partial charge in [-0.3, -0.25) is 4.79 Å². The second-order valence-electron chi connectivity index (χ2n) is 5.46. The van der Waals surface area contributed by atoms with E-state index in [0.717, 1.165) is 24.9 Å². The molecule has 3 N–H and O–H groups in total. The highest BCUT2D eigenvalue weighted by molar-refractivity contribution is 5.95. The number of unbranched alkanes of at least 4 members (excludes halogenated alkanes) is 1. The number of amides is 1. The molecule has 1 amide bonds. The van der Waals surface area contributed by atoms with Gasteiger partial charge in [0.05, 0.1) is 16.9 Å². The lowest BCUT2D eigenvalue weighted by atomic mass is 10.1. The number of carbonyl (C=O) groups is 1. The highest BCUT2D eigenvalue weighted by Crippen LogP contribution is 2.12. The first-order valence-electron chi connectivity index (χ1n) is 7.78. The van der Waals surface area contributed by atoms with Crippen LogP contribution in [0.25, 0.3) is 5.69 Å². The monoisotopic (exact) mass is 336 g/mol. The molecule has 2 rings (SSSR count). The molecule has 1 heterocycles. The van der Waals surface area contributed by atoms with Crippen LogP contribution in [-0.4, -0.2) is 28.3 Å². The summed E-state index contributed by atoms with van der Waals surface area (Å²) in [6.45, 7) is 4.43. The zero-order valence-electron chi connectivity index (χ0n) is 13.7. The Hall–Kier alpha value is -1.85. The molecule has 1 aromatic heterocycles. The number of rotatable bonds is 7. The average Bonchev–Trinajstić information content (AvgIpc) is 2.94. The van der Waals surface area contributed by atoms with Crippen LogP contribution >= 0.6 is 12.4 Å². The summed E-state index contributed by atoms with van der Waals surface area (Å²) in [4.78, 5) is 12.4. The molecule has 23 heavy (non-hydrogen) atoms. The molecule has 0 bridgehead atoms. The lowest BCUT2D eigenvalue weighted by molar-refractivity contribution is 0.0935. The maximum atomic E-state index is 12.4. The number of nitrogens with zero attached hydrogens (tertiary/aromatic N) is 2. The Labute approximate surface area is 143 Å². The van der Waals surface area contributed by atoms with Gasteiger partial charge in [-0.05, 0) is 25.5 Å². The van der Waals surface area contributed by atoms with E-state index in [4.69, 9.17) is 5.73 Å². The number of halogens is 1. The van der Waals surface area contributed by atoms with Gasteiger partial charge in [0.15, 0.2) is 0 Å². The van der Waals surface area contributed by atoms with Crippen LogP contribution in [0.3, 0.4) is 0 Å². The number of benzene rings is 1. The van der Waals surface area contributed by atoms with E-state index in [9.17, 15) is 4.79 Å². The molecule has 6 heteroatoms. The van der Waals surface area contributed by atoms with Gasteiger partial charge < -0.3 is 11.1 Å². The average molecular weight is 337 g/mol. The number of nitrogens with two attached hydrogens (primary N) is 1. The molecule has 1 unspecified atom stereocenters. The summed E-state index contributed by atoms with van der Waals surface area (Å²) in [6.07, 6.45) is 4.83. The molecule has 0 aliphatic rings. The number of aromatic nitrogens is 2. The second-order valence-corrected chi connectivity index (χ2v) is 5.46. The van der Waals surface area contributed by atoms with Crippen LogP contribution in [-0.2, 0) is 0 Å². The van der Waals surface area contributed by atoms with Gasteiger partial charge in [-0.25, -0.2) is 4.68 Å². The third kappa shape index (κ3) is 5.08. The van der Waals surface area contributed by atoms with E-state index >= 15 is 0 Å². The number of nitrogens with one attached hydrogen (secondary N) is 1. The number of carbonyl (C=O) groups excluding carboxylic acids is 1. The molecule has 0 aliphatic carbocycles. The molecule has 0 radical (unpaired) electrons. The SMILES string of the molecule is CCCCC(CN)NC(=O)c1cn(-c2ccccc2)nc1C.Cl. The smallest absolute Gasteiger partial charge is 0.255 e. The maximum absolute atomic E-state index is 12.4. The summed E-state index contributed by atoms with van der Waals surface area (Å²) in [5, 5.41) is 7.43. The Morgan fingerprint density at radius 3 is 2.65 bits per heavy atom. The second kappa shape index (κ2) is 9.33. The van der Waals surface area contributed by atoms with E-state index in [1.807, 2.05) is 37.3 Å². The molecule has 0 spiro atoms. The van der Waals surface area contributed by atoms with Crippen molar-refractivity contribution in [2.24, 2.45) is 5.73 Å². The van der Waals surface area contributed by atoms with Gasteiger partial charge in [0.1, 0.15) is 0 Å². The third-order valence-corrected chi connectivity index (χ3v) is 3.69. The summed E-state index contributed by atoms with van der Waals surface area (Å²) in [7, 11) is 0. The van der Waals surface area contributed by atoms with Crippen LogP contribution in [0.4, 0.5) is 0 Å². The summed E-state index contributed by atoms with van der Waals surface area (Å²) in [5.74, 6) is -0.105. The van der Waals surface area contributed by atoms with Crippen molar-refractivity contribution < 1.29 is 4.79 Å². The Morgan fingerprint density at radius 2 is 2.04 bits per heavy atom.